The Bertz CT molecular complexity index is 819. The third kappa shape index (κ3) is 7.06. The number of amides is 2. The van der Waals surface area contributed by atoms with E-state index in [0.29, 0.717) is 6.54 Å². The van der Waals surface area contributed by atoms with Crippen molar-refractivity contribution in [2.24, 2.45) is 0 Å². The van der Waals surface area contributed by atoms with Crippen molar-refractivity contribution in [3.05, 3.63) is 54.6 Å². The summed E-state index contributed by atoms with van der Waals surface area (Å²) < 4.78 is 0. The number of aliphatic hydroxyl groups excluding tert-OH is 1. The van der Waals surface area contributed by atoms with Gasteiger partial charge >= 0.3 is 6.03 Å². The lowest BCUT2D eigenvalue weighted by molar-refractivity contribution is 0.0756. The van der Waals surface area contributed by atoms with E-state index in [-0.39, 0.29) is 17.7 Å². The molecule has 1 saturated heterocycles. The van der Waals surface area contributed by atoms with Crippen molar-refractivity contribution in [1.82, 2.24) is 15.5 Å². The third-order valence-corrected chi connectivity index (χ3v) is 6.01. The van der Waals surface area contributed by atoms with Crippen LogP contribution in [0.3, 0.4) is 0 Å². The molecule has 4 N–H and O–H groups in total. The van der Waals surface area contributed by atoms with Gasteiger partial charge in [0, 0.05) is 30.7 Å². The molecule has 1 aliphatic rings. The summed E-state index contributed by atoms with van der Waals surface area (Å²) in [5.41, 5.74) is 2.63. The van der Waals surface area contributed by atoms with Crippen LogP contribution in [-0.2, 0) is 0 Å². The summed E-state index contributed by atoms with van der Waals surface area (Å²) in [5.74, 6) is 0. The summed E-state index contributed by atoms with van der Waals surface area (Å²) in [6.07, 6.45) is 2.18. The first-order valence-electron chi connectivity index (χ1n) is 11.3. The standard InChI is InChI=1S/C25H36N4O2/c1-3-26-16-13-21(30)19-29-17-14-25(2,15-18-29)28-24(31)27-23-12-8-7-11-22(23)20-9-5-4-6-10-20/h4-12,21,26,30H,3,13-19H2,1-2H3,(H2,27,28,31). The van der Waals surface area contributed by atoms with Crippen molar-refractivity contribution >= 4 is 11.7 Å². The number of β-amino-alcohol motifs (C(OH)–C–C–N with tert-alkyl or cyclic N) is 1. The zero-order valence-electron chi connectivity index (χ0n) is 18.7. The van der Waals surface area contributed by atoms with Gasteiger partial charge in [-0.2, -0.15) is 0 Å². The number of nitrogens with zero attached hydrogens (tertiary/aromatic N) is 1. The molecule has 6 heteroatoms. The molecule has 0 radical (unpaired) electrons. The molecular weight excluding hydrogens is 388 g/mol. The molecule has 1 fully saturated rings. The van der Waals surface area contributed by atoms with E-state index in [2.05, 4.69) is 34.7 Å². The van der Waals surface area contributed by atoms with Gasteiger partial charge in [0.25, 0.3) is 0 Å². The Morgan fingerprint density at radius 2 is 1.77 bits per heavy atom. The summed E-state index contributed by atoms with van der Waals surface area (Å²) in [6, 6.07) is 17.8. The normalized spacial score (nSPS) is 17.1. The first kappa shape index (κ1) is 23.3. The number of nitrogens with one attached hydrogen (secondary N) is 3. The van der Waals surface area contributed by atoms with Crippen molar-refractivity contribution in [3.63, 3.8) is 0 Å². The smallest absolute Gasteiger partial charge is 0.319 e. The number of aliphatic hydroxyl groups is 1. The number of urea groups is 1. The van der Waals surface area contributed by atoms with E-state index in [1.54, 1.807) is 0 Å². The first-order chi connectivity index (χ1) is 15.0. The van der Waals surface area contributed by atoms with Crippen molar-refractivity contribution in [2.75, 3.05) is 38.0 Å². The number of rotatable bonds is 9. The lowest BCUT2D eigenvalue weighted by Gasteiger charge is -2.40. The molecule has 0 aliphatic carbocycles. The maximum Gasteiger partial charge on any atom is 0.319 e. The minimum absolute atomic E-state index is 0.176. The van der Waals surface area contributed by atoms with Crippen LogP contribution < -0.4 is 16.0 Å². The molecule has 1 atom stereocenters. The van der Waals surface area contributed by atoms with Crippen LogP contribution in [0.4, 0.5) is 10.5 Å². The van der Waals surface area contributed by atoms with Crippen molar-refractivity contribution in [3.8, 4) is 11.1 Å². The van der Waals surface area contributed by atoms with Gasteiger partial charge in [-0.05, 0) is 50.9 Å². The van der Waals surface area contributed by atoms with Crippen LogP contribution in [0.25, 0.3) is 11.1 Å². The largest absolute Gasteiger partial charge is 0.392 e. The van der Waals surface area contributed by atoms with E-state index in [0.717, 1.165) is 62.3 Å². The number of hydrogen-bond acceptors (Lipinski definition) is 4. The summed E-state index contributed by atoms with van der Waals surface area (Å²) in [7, 11) is 0. The lowest BCUT2D eigenvalue weighted by Crippen LogP contribution is -2.55. The third-order valence-electron chi connectivity index (χ3n) is 6.01. The highest BCUT2D eigenvalue weighted by atomic mass is 16.3. The topological polar surface area (TPSA) is 76.6 Å². The SMILES string of the molecule is CCNCCC(O)CN1CCC(C)(NC(=O)Nc2ccccc2-c2ccccc2)CC1. The minimum Gasteiger partial charge on any atom is -0.392 e. The number of hydrogen-bond donors (Lipinski definition) is 4. The highest BCUT2D eigenvalue weighted by Gasteiger charge is 2.32. The van der Waals surface area contributed by atoms with Crippen LogP contribution in [0.1, 0.15) is 33.1 Å². The van der Waals surface area contributed by atoms with E-state index in [9.17, 15) is 9.90 Å². The van der Waals surface area contributed by atoms with Gasteiger partial charge in [-0.15, -0.1) is 0 Å². The number of benzene rings is 2. The molecule has 0 saturated carbocycles. The molecule has 168 valence electrons. The fraction of sp³-hybridized carbons (Fsp3) is 0.480. The Kier molecular flexibility index (Phi) is 8.46. The van der Waals surface area contributed by atoms with Gasteiger partial charge in [-0.1, -0.05) is 55.5 Å². The second-order valence-corrected chi connectivity index (χ2v) is 8.65. The van der Waals surface area contributed by atoms with Crippen molar-refractivity contribution < 1.29 is 9.90 Å². The van der Waals surface area contributed by atoms with E-state index < -0.39 is 0 Å². The zero-order valence-corrected chi connectivity index (χ0v) is 18.7. The molecule has 0 bridgehead atoms. The monoisotopic (exact) mass is 424 g/mol. The highest BCUT2D eigenvalue weighted by molar-refractivity contribution is 5.94. The van der Waals surface area contributed by atoms with Gasteiger partial charge in [0.05, 0.1) is 11.8 Å². The van der Waals surface area contributed by atoms with E-state index in [4.69, 9.17) is 0 Å². The second kappa shape index (κ2) is 11.3. The predicted octanol–water partition coefficient (Wildman–Crippen LogP) is 3.69. The number of carbonyl (C=O) groups is 1. The molecule has 1 aliphatic heterocycles. The van der Waals surface area contributed by atoms with Crippen LogP contribution in [0.5, 0.6) is 0 Å². The summed E-state index contributed by atoms with van der Waals surface area (Å²) in [5, 5.41) is 19.7. The maximum atomic E-state index is 12.8. The zero-order chi connectivity index (χ0) is 22.1. The fourth-order valence-corrected chi connectivity index (χ4v) is 4.08. The number of anilines is 1. The molecule has 31 heavy (non-hydrogen) atoms. The minimum atomic E-state index is -0.311. The van der Waals surface area contributed by atoms with Gasteiger partial charge in [0.1, 0.15) is 0 Å². The Balaban J connectivity index is 1.51. The van der Waals surface area contributed by atoms with Crippen LogP contribution in [0, 0.1) is 0 Å². The average molecular weight is 425 g/mol. The van der Waals surface area contributed by atoms with E-state index in [1.807, 2.05) is 54.6 Å². The van der Waals surface area contributed by atoms with Crippen LogP contribution in [0.15, 0.2) is 54.6 Å². The molecule has 6 nitrogen and oxygen atoms in total. The van der Waals surface area contributed by atoms with Crippen LogP contribution in [-0.4, -0.2) is 60.4 Å². The second-order valence-electron chi connectivity index (χ2n) is 8.65. The molecule has 2 aromatic rings. The first-order valence-corrected chi connectivity index (χ1v) is 11.3. The van der Waals surface area contributed by atoms with Crippen LogP contribution >= 0.6 is 0 Å². The van der Waals surface area contributed by atoms with Crippen molar-refractivity contribution in [1.29, 1.82) is 0 Å². The summed E-state index contributed by atoms with van der Waals surface area (Å²) in [4.78, 5) is 15.1. The van der Waals surface area contributed by atoms with Gasteiger partial charge in [-0.3, -0.25) is 0 Å². The number of carbonyl (C=O) groups excluding carboxylic acids is 1. The van der Waals surface area contributed by atoms with Gasteiger partial charge < -0.3 is 26.0 Å². The number of piperidine rings is 1. The Hall–Kier alpha value is -2.41. The van der Waals surface area contributed by atoms with Gasteiger partial charge in [0.2, 0.25) is 0 Å². The van der Waals surface area contributed by atoms with E-state index in [1.165, 1.54) is 0 Å². The Morgan fingerprint density at radius 1 is 1.10 bits per heavy atom. The lowest BCUT2D eigenvalue weighted by atomic mass is 9.89. The fourth-order valence-electron chi connectivity index (χ4n) is 4.08. The molecule has 2 aromatic carbocycles. The molecule has 2 amide bonds. The number of para-hydroxylation sites is 1. The molecule has 1 heterocycles. The average Bonchev–Trinajstić information content (AvgIpc) is 2.76. The quantitative estimate of drug-likeness (QED) is 0.463. The highest BCUT2D eigenvalue weighted by Crippen LogP contribution is 2.28. The van der Waals surface area contributed by atoms with Crippen LogP contribution in [0.2, 0.25) is 0 Å². The molecule has 0 aromatic heterocycles. The summed E-state index contributed by atoms with van der Waals surface area (Å²) >= 11 is 0. The Morgan fingerprint density at radius 3 is 2.48 bits per heavy atom. The number of likely N-dealkylation sites (tertiary alicyclic amines) is 1. The Labute approximate surface area is 186 Å². The maximum absolute atomic E-state index is 12.8. The predicted molar refractivity (Wildman–Crippen MR) is 127 cm³/mol. The summed E-state index contributed by atoms with van der Waals surface area (Å²) in [6.45, 7) is 8.38. The van der Waals surface area contributed by atoms with Crippen molar-refractivity contribution in [2.45, 2.75) is 44.8 Å². The molecule has 0 spiro atoms. The molecular formula is C25H36N4O2. The van der Waals surface area contributed by atoms with E-state index >= 15 is 0 Å². The van der Waals surface area contributed by atoms with Gasteiger partial charge in [0.15, 0.2) is 0 Å². The molecule has 3 rings (SSSR count). The van der Waals surface area contributed by atoms with Gasteiger partial charge in [-0.25, -0.2) is 4.79 Å². The molecule has 1 unspecified atom stereocenters.